The number of carbonyl (C=O) groups is 2. The molecule has 0 saturated heterocycles. The fourth-order valence-corrected chi connectivity index (χ4v) is 4.19. The number of hydrogen-bond acceptors (Lipinski definition) is 4. The SMILES string of the molecule is CCCC(=O)N1CCc2ccc(N(C)C)cc2C1C(=O)Nc1cc(C)c(O)c(C)c1C.Cl. The van der Waals surface area contributed by atoms with Crippen molar-refractivity contribution >= 4 is 35.6 Å². The second-order valence-corrected chi connectivity index (χ2v) is 8.60. The summed E-state index contributed by atoms with van der Waals surface area (Å²) in [7, 11) is 3.93. The molecule has 0 aromatic heterocycles. The topological polar surface area (TPSA) is 72.9 Å². The average Bonchev–Trinajstić information content (AvgIpc) is 2.74. The molecule has 1 heterocycles. The highest BCUT2D eigenvalue weighted by Gasteiger charge is 2.36. The molecule has 1 aliphatic heterocycles. The number of benzene rings is 2. The number of fused-ring (bicyclic) bond motifs is 1. The van der Waals surface area contributed by atoms with E-state index in [1.165, 1.54) is 0 Å². The number of aromatic hydroxyl groups is 1. The van der Waals surface area contributed by atoms with Crippen molar-refractivity contribution in [3.05, 3.63) is 52.1 Å². The van der Waals surface area contributed by atoms with E-state index in [0.29, 0.717) is 24.2 Å². The lowest BCUT2D eigenvalue weighted by atomic mass is 9.90. The van der Waals surface area contributed by atoms with Crippen LogP contribution in [0.3, 0.4) is 0 Å². The monoisotopic (exact) mass is 459 g/mol. The minimum Gasteiger partial charge on any atom is -0.507 e. The first-order chi connectivity index (χ1) is 14.6. The zero-order valence-corrected chi connectivity index (χ0v) is 20.6. The normalized spacial score (nSPS) is 14.9. The summed E-state index contributed by atoms with van der Waals surface area (Å²) >= 11 is 0. The molecule has 2 aromatic rings. The van der Waals surface area contributed by atoms with Gasteiger partial charge in [-0.3, -0.25) is 9.59 Å². The van der Waals surface area contributed by atoms with Gasteiger partial charge in [-0.25, -0.2) is 0 Å². The van der Waals surface area contributed by atoms with Crippen molar-refractivity contribution < 1.29 is 14.7 Å². The molecule has 6 nitrogen and oxygen atoms in total. The number of nitrogens with zero attached hydrogens (tertiary/aromatic N) is 2. The predicted octanol–water partition coefficient (Wildman–Crippen LogP) is 4.67. The number of phenolic OH excluding ortho intramolecular Hbond substituents is 1. The minimum atomic E-state index is -0.684. The van der Waals surface area contributed by atoms with Crippen molar-refractivity contribution in [1.82, 2.24) is 4.90 Å². The van der Waals surface area contributed by atoms with Crippen LogP contribution < -0.4 is 10.2 Å². The van der Waals surface area contributed by atoms with E-state index < -0.39 is 6.04 Å². The summed E-state index contributed by atoms with van der Waals surface area (Å²) in [6.45, 7) is 8.03. The molecule has 2 aromatic carbocycles. The van der Waals surface area contributed by atoms with Crippen LogP contribution in [-0.2, 0) is 16.0 Å². The van der Waals surface area contributed by atoms with Gasteiger partial charge in [-0.2, -0.15) is 0 Å². The molecule has 0 bridgehead atoms. The standard InChI is InChI=1S/C25H33N3O3.ClH/c1-7-8-22(29)28-12-11-18-9-10-19(27(5)6)14-20(18)23(28)25(31)26-21-13-15(2)24(30)17(4)16(21)3;/h9-10,13-14,23,30H,7-8,11-12H2,1-6H3,(H,26,31);1H. The zero-order valence-electron chi connectivity index (χ0n) is 19.8. The fraction of sp³-hybridized carbons (Fsp3) is 0.440. The Kier molecular flexibility index (Phi) is 8.18. The molecule has 0 saturated carbocycles. The number of rotatable bonds is 5. The molecule has 32 heavy (non-hydrogen) atoms. The van der Waals surface area contributed by atoms with Gasteiger partial charge in [0.15, 0.2) is 0 Å². The smallest absolute Gasteiger partial charge is 0.251 e. The summed E-state index contributed by atoms with van der Waals surface area (Å²) in [4.78, 5) is 30.2. The quantitative estimate of drug-likeness (QED) is 0.637. The van der Waals surface area contributed by atoms with E-state index in [1.54, 1.807) is 11.0 Å². The Labute approximate surface area is 197 Å². The van der Waals surface area contributed by atoms with Crippen molar-refractivity contribution in [2.24, 2.45) is 0 Å². The van der Waals surface area contributed by atoms with Crippen LogP contribution in [0.4, 0.5) is 11.4 Å². The summed E-state index contributed by atoms with van der Waals surface area (Å²) < 4.78 is 0. The van der Waals surface area contributed by atoms with Crippen LogP contribution in [-0.4, -0.2) is 42.5 Å². The van der Waals surface area contributed by atoms with Crippen LogP contribution >= 0.6 is 12.4 Å². The van der Waals surface area contributed by atoms with Crippen molar-refractivity contribution in [2.75, 3.05) is 30.9 Å². The van der Waals surface area contributed by atoms with E-state index in [0.717, 1.165) is 40.8 Å². The highest BCUT2D eigenvalue weighted by molar-refractivity contribution is 5.99. The predicted molar refractivity (Wildman–Crippen MR) is 132 cm³/mol. The fourth-order valence-electron chi connectivity index (χ4n) is 4.19. The molecule has 0 fully saturated rings. The molecular formula is C25H34ClN3O3. The Balaban J connectivity index is 0.00000363. The van der Waals surface area contributed by atoms with Gasteiger partial charge in [0.25, 0.3) is 5.91 Å². The van der Waals surface area contributed by atoms with Crippen LogP contribution in [0.1, 0.15) is 53.6 Å². The minimum absolute atomic E-state index is 0. The van der Waals surface area contributed by atoms with Gasteiger partial charge in [-0.05, 0) is 79.6 Å². The molecule has 0 radical (unpaired) electrons. The lowest BCUT2D eigenvalue weighted by Crippen LogP contribution is -2.45. The lowest BCUT2D eigenvalue weighted by Gasteiger charge is -2.37. The van der Waals surface area contributed by atoms with Gasteiger partial charge in [-0.15, -0.1) is 12.4 Å². The van der Waals surface area contributed by atoms with Gasteiger partial charge >= 0.3 is 0 Å². The van der Waals surface area contributed by atoms with E-state index in [2.05, 4.69) is 11.4 Å². The number of nitrogens with one attached hydrogen (secondary N) is 1. The average molecular weight is 460 g/mol. The zero-order chi connectivity index (χ0) is 22.9. The van der Waals surface area contributed by atoms with Gasteiger partial charge < -0.3 is 20.2 Å². The van der Waals surface area contributed by atoms with Gasteiger partial charge in [0.2, 0.25) is 5.91 Å². The molecule has 1 aliphatic rings. The van der Waals surface area contributed by atoms with Crippen molar-refractivity contribution in [3.8, 4) is 5.75 Å². The van der Waals surface area contributed by atoms with Gasteiger partial charge in [0.1, 0.15) is 11.8 Å². The van der Waals surface area contributed by atoms with E-state index in [4.69, 9.17) is 0 Å². The third kappa shape index (κ3) is 4.85. The number of anilines is 2. The largest absolute Gasteiger partial charge is 0.507 e. The first-order valence-corrected chi connectivity index (χ1v) is 10.9. The first-order valence-electron chi connectivity index (χ1n) is 10.9. The first kappa shape index (κ1) is 25.5. The van der Waals surface area contributed by atoms with Crippen LogP contribution in [0.5, 0.6) is 5.75 Å². The number of phenols is 1. The molecule has 2 amide bonds. The second kappa shape index (κ2) is 10.3. The maximum atomic E-state index is 13.6. The second-order valence-electron chi connectivity index (χ2n) is 8.60. The van der Waals surface area contributed by atoms with E-state index in [9.17, 15) is 14.7 Å². The Morgan fingerprint density at radius 2 is 1.84 bits per heavy atom. The molecule has 174 valence electrons. The maximum Gasteiger partial charge on any atom is 0.251 e. The van der Waals surface area contributed by atoms with E-state index in [-0.39, 0.29) is 30.0 Å². The third-order valence-electron chi connectivity index (χ3n) is 6.22. The molecular weight excluding hydrogens is 426 g/mol. The number of halogens is 1. The van der Waals surface area contributed by atoms with Gasteiger partial charge in [-0.1, -0.05) is 13.0 Å². The molecule has 7 heteroatoms. The van der Waals surface area contributed by atoms with E-state index >= 15 is 0 Å². The van der Waals surface area contributed by atoms with Gasteiger partial charge in [0.05, 0.1) is 0 Å². The summed E-state index contributed by atoms with van der Waals surface area (Å²) in [6.07, 6.45) is 1.89. The summed E-state index contributed by atoms with van der Waals surface area (Å²) in [5.74, 6) is 0.0149. The summed E-state index contributed by atoms with van der Waals surface area (Å²) in [5.41, 5.74) is 5.90. The molecule has 1 unspecified atom stereocenters. The molecule has 3 rings (SSSR count). The molecule has 1 atom stereocenters. The summed E-state index contributed by atoms with van der Waals surface area (Å²) in [5, 5.41) is 13.3. The highest BCUT2D eigenvalue weighted by atomic mass is 35.5. The van der Waals surface area contributed by atoms with Gasteiger partial charge in [0, 0.05) is 38.4 Å². The maximum absolute atomic E-state index is 13.6. The molecule has 2 N–H and O–H groups in total. The Morgan fingerprint density at radius 3 is 2.47 bits per heavy atom. The molecule has 0 aliphatic carbocycles. The molecule has 0 spiro atoms. The van der Waals surface area contributed by atoms with E-state index in [1.807, 2.05) is 58.8 Å². The lowest BCUT2D eigenvalue weighted by molar-refractivity contribution is -0.139. The van der Waals surface area contributed by atoms with Crippen molar-refractivity contribution in [2.45, 2.75) is 53.0 Å². The van der Waals surface area contributed by atoms with Crippen LogP contribution in [0.2, 0.25) is 0 Å². The highest BCUT2D eigenvalue weighted by Crippen LogP contribution is 2.36. The Hall–Kier alpha value is -2.73. The number of aryl methyl sites for hydroxylation is 1. The third-order valence-corrected chi connectivity index (χ3v) is 6.22. The van der Waals surface area contributed by atoms with Crippen LogP contribution in [0.15, 0.2) is 24.3 Å². The number of amides is 2. The summed E-state index contributed by atoms with van der Waals surface area (Å²) in [6, 6.07) is 7.23. The Morgan fingerprint density at radius 1 is 1.16 bits per heavy atom. The number of hydrogen-bond donors (Lipinski definition) is 2. The van der Waals surface area contributed by atoms with Crippen molar-refractivity contribution in [1.29, 1.82) is 0 Å². The number of carbonyl (C=O) groups excluding carboxylic acids is 2. The van der Waals surface area contributed by atoms with Crippen LogP contribution in [0.25, 0.3) is 0 Å². The Bertz CT molecular complexity index is 1020. The van der Waals surface area contributed by atoms with Crippen molar-refractivity contribution in [3.63, 3.8) is 0 Å². The van der Waals surface area contributed by atoms with Crippen LogP contribution in [0, 0.1) is 20.8 Å².